The molecule has 72 valence electrons. The molecule has 1 aromatic rings. The van der Waals surface area contributed by atoms with Gasteiger partial charge in [-0.05, 0) is 6.92 Å². The Morgan fingerprint density at radius 2 is 1.92 bits per heavy atom. The zero-order valence-electron chi connectivity index (χ0n) is 7.46. The minimum absolute atomic E-state index is 0. The Bertz CT molecular complexity index is 204. The highest BCUT2D eigenvalue weighted by Crippen LogP contribution is 1.85. The van der Waals surface area contributed by atoms with E-state index in [1.807, 2.05) is 0 Å². The van der Waals surface area contributed by atoms with Crippen LogP contribution in [0.5, 0.6) is 0 Å². The van der Waals surface area contributed by atoms with Crippen molar-refractivity contribution in [2.45, 2.75) is 20.4 Å². The van der Waals surface area contributed by atoms with Crippen molar-refractivity contribution in [3.05, 3.63) is 30.1 Å². The molecule has 0 atom stereocenters. The van der Waals surface area contributed by atoms with E-state index in [4.69, 9.17) is 0 Å². The number of nitrogens with zero attached hydrogens (tertiary/aromatic N) is 1. The molecule has 0 aromatic carbocycles. The van der Waals surface area contributed by atoms with Crippen molar-refractivity contribution >= 4 is 17.0 Å². The van der Waals surface area contributed by atoms with Gasteiger partial charge in [-0.25, -0.2) is 4.57 Å². The van der Waals surface area contributed by atoms with Gasteiger partial charge in [-0.15, -0.1) is 17.0 Å². The summed E-state index contributed by atoms with van der Waals surface area (Å²) < 4.78 is 2.21. The average Bonchev–Trinajstić information content (AvgIpc) is 1.89. The molecule has 0 saturated carbocycles. The van der Waals surface area contributed by atoms with Crippen molar-refractivity contribution in [2.24, 2.45) is 0 Å². The molecule has 0 aliphatic heterocycles. The smallest absolute Gasteiger partial charge is 0.178 e. The van der Waals surface area contributed by atoms with Crippen LogP contribution in [0, 0.1) is 6.92 Å². The van der Waals surface area contributed by atoms with Crippen LogP contribution in [0.3, 0.4) is 0 Å². The standard InChI is InChI=1S/C8H12N.2BrH.H3N/c1-3-9-7-5-4-6-8(9)2;;;/h4-7H,3H2,1-2H3;2*1H;1H3/q+1;;;/p-1. The van der Waals surface area contributed by atoms with E-state index in [1.54, 1.807) is 0 Å². The van der Waals surface area contributed by atoms with Crippen molar-refractivity contribution in [3.63, 3.8) is 0 Å². The molecular formula is C8H16Br2N2. The number of rotatable bonds is 1. The molecule has 0 aliphatic rings. The summed E-state index contributed by atoms with van der Waals surface area (Å²) in [6.07, 6.45) is 2.09. The Morgan fingerprint density at radius 3 is 2.25 bits per heavy atom. The molecule has 0 saturated heterocycles. The third kappa shape index (κ3) is 4.85. The second-order valence-corrected chi connectivity index (χ2v) is 2.13. The predicted octanol–water partition coefficient (Wildman–Crippen LogP) is -0.954. The van der Waals surface area contributed by atoms with Crippen LogP contribution in [0.2, 0.25) is 0 Å². The lowest BCUT2D eigenvalue weighted by molar-refractivity contribution is -0.699. The molecule has 0 fully saturated rings. The summed E-state index contributed by atoms with van der Waals surface area (Å²) in [4.78, 5) is 0. The van der Waals surface area contributed by atoms with Crippen LogP contribution in [0.4, 0.5) is 0 Å². The maximum Gasteiger partial charge on any atom is 0.178 e. The second kappa shape index (κ2) is 9.16. The summed E-state index contributed by atoms with van der Waals surface area (Å²) in [5.41, 5.74) is 1.32. The van der Waals surface area contributed by atoms with E-state index in [9.17, 15) is 0 Å². The second-order valence-electron chi connectivity index (χ2n) is 2.13. The summed E-state index contributed by atoms with van der Waals surface area (Å²) in [5.74, 6) is 0. The molecule has 12 heavy (non-hydrogen) atoms. The summed E-state index contributed by atoms with van der Waals surface area (Å²) in [7, 11) is 0. The van der Waals surface area contributed by atoms with Gasteiger partial charge in [0.15, 0.2) is 11.9 Å². The van der Waals surface area contributed by atoms with Crippen molar-refractivity contribution in [2.75, 3.05) is 0 Å². The van der Waals surface area contributed by atoms with Crippen LogP contribution in [-0.4, -0.2) is 0 Å². The van der Waals surface area contributed by atoms with Crippen LogP contribution < -0.4 is 27.7 Å². The topological polar surface area (TPSA) is 38.9 Å². The van der Waals surface area contributed by atoms with E-state index < -0.39 is 0 Å². The summed E-state index contributed by atoms with van der Waals surface area (Å²) in [5, 5.41) is 0. The number of hydrogen-bond donors (Lipinski definition) is 1. The lowest BCUT2D eigenvalue weighted by Crippen LogP contribution is -3.00. The van der Waals surface area contributed by atoms with Gasteiger partial charge in [-0.3, -0.25) is 0 Å². The predicted molar refractivity (Wildman–Crippen MR) is 52.4 cm³/mol. The van der Waals surface area contributed by atoms with Gasteiger partial charge < -0.3 is 23.1 Å². The van der Waals surface area contributed by atoms with E-state index in [2.05, 4.69) is 42.8 Å². The molecule has 2 nitrogen and oxygen atoms in total. The zero-order valence-corrected chi connectivity index (χ0v) is 10.8. The molecule has 0 spiro atoms. The number of halogens is 2. The highest BCUT2D eigenvalue weighted by molar-refractivity contribution is 8.93. The fourth-order valence-corrected chi connectivity index (χ4v) is 0.917. The first-order valence-electron chi connectivity index (χ1n) is 3.29. The van der Waals surface area contributed by atoms with Crippen molar-refractivity contribution < 1.29 is 21.5 Å². The van der Waals surface area contributed by atoms with Gasteiger partial charge in [-0.1, -0.05) is 6.07 Å². The Labute approximate surface area is 95.1 Å². The summed E-state index contributed by atoms with van der Waals surface area (Å²) in [6, 6.07) is 6.22. The van der Waals surface area contributed by atoms with Crippen molar-refractivity contribution in [1.82, 2.24) is 6.15 Å². The van der Waals surface area contributed by atoms with Crippen LogP contribution in [0.15, 0.2) is 24.4 Å². The monoisotopic (exact) mass is 298 g/mol. The molecule has 0 unspecified atom stereocenters. The molecule has 1 aromatic heterocycles. The maximum atomic E-state index is 2.21. The van der Waals surface area contributed by atoms with E-state index in [0.29, 0.717) is 0 Å². The molecule has 0 amide bonds. The molecule has 0 bridgehead atoms. The minimum Gasteiger partial charge on any atom is -1.00 e. The third-order valence-electron chi connectivity index (χ3n) is 1.51. The molecule has 1 rings (SSSR count). The van der Waals surface area contributed by atoms with Gasteiger partial charge in [0.2, 0.25) is 0 Å². The zero-order chi connectivity index (χ0) is 6.69. The summed E-state index contributed by atoms with van der Waals surface area (Å²) in [6.45, 7) is 5.32. The van der Waals surface area contributed by atoms with Crippen LogP contribution in [0.1, 0.15) is 12.6 Å². The fraction of sp³-hybridized carbons (Fsp3) is 0.375. The van der Waals surface area contributed by atoms with Gasteiger partial charge in [0.1, 0.15) is 6.54 Å². The first-order valence-corrected chi connectivity index (χ1v) is 3.29. The molecule has 0 radical (unpaired) electrons. The first kappa shape index (κ1) is 18.0. The van der Waals surface area contributed by atoms with Gasteiger partial charge in [0.25, 0.3) is 0 Å². The quantitative estimate of drug-likeness (QED) is 0.667. The van der Waals surface area contributed by atoms with Crippen LogP contribution in [-0.2, 0) is 6.54 Å². The first-order chi connectivity index (χ1) is 4.34. The lowest BCUT2D eigenvalue weighted by atomic mass is 10.4. The van der Waals surface area contributed by atoms with E-state index in [-0.39, 0.29) is 40.1 Å². The highest BCUT2D eigenvalue weighted by Gasteiger charge is 1.96. The van der Waals surface area contributed by atoms with Crippen LogP contribution in [0.25, 0.3) is 0 Å². The SMILES string of the molecule is Br.CC[n+]1ccccc1C.N.[Br-]. The normalized spacial score (nSPS) is 7.17. The van der Waals surface area contributed by atoms with Gasteiger partial charge >= 0.3 is 0 Å². The molecule has 0 aliphatic carbocycles. The Kier molecular flexibility index (Phi) is 13.7. The minimum atomic E-state index is 0. The number of aryl methyl sites for hydroxylation is 2. The Morgan fingerprint density at radius 1 is 1.33 bits per heavy atom. The van der Waals surface area contributed by atoms with Crippen LogP contribution >= 0.6 is 17.0 Å². The van der Waals surface area contributed by atoms with Gasteiger partial charge in [-0.2, -0.15) is 0 Å². The van der Waals surface area contributed by atoms with E-state index in [0.717, 1.165) is 6.54 Å². The molecule has 1 heterocycles. The van der Waals surface area contributed by atoms with Crippen molar-refractivity contribution in [1.29, 1.82) is 0 Å². The number of aromatic nitrogens is 1. The van der Waals surface area contributed by atoms with E-state index in [1.165, 1.54) is 5.69 Å². The molecular weight excluding hydrogens is 284 g/mol. The summed E-state index contributed by atoms with van der Waals surface area (Å²) >= 11 is 0. The number of hydrogen-bond acceptors (Lipinski definition) is 1. The Hall–Kier alpha value is 0.0700. The molecule has 3 N–H and O–H groups in total. The van der Waals surface area contributed by atoms with Crippen molar-refractivity contribution in [3.8, 4) is 0 Å². The highest BCUT2D eigenvalue weighted by atomic mass is 79.9. The average molecular weight is 300 g/mol. The third-order valence-corrected chi connectivity index (χ3v) is 1.51. The van der Waals surface area contributed by atoms with Gasteiger partial charge in [0, 0.05) is 19.1 Å². The van der Waals surface area contributed by atoms with E-state index >= 15 is 0 Å². The lowest BCUT2D eigenvalue weighted by Gasteiger charge is -1.92. The fourth-order valence-electron chi connectivity index (χ4n) is 0.917. The Balaban J connectivity index is -0.000000270. The van der Waals surface area contributed by atoms with Gasteiger partial charge in [0.05, 0.1) is 0 Å². The largest absolute Gasteiger partial charge is 1.00 e. The maximum absolute atomic E-state index is 2.21. The number of pyridine rings is 1. The molecule has 4 heteroatoms.